The van der Waals surface area contributed by atoms with Crippen LogP contribution in [0.5, 0.6) is 0 Å². The molecule has 0 aromatic heterocycles. The molecule has 1 aliphatic heterocycles. The van der Waals surface area contributed by atoms with Crippen LogP contribution in [0.2, 0.25) is 0 Å². The monoisotopic (exact) mass is 337 g/mol. The highest BCUT2D eigenvalue weighted by Gasteiger charge is 2.18. The highest BCUT2D eigenvalue weighted by Crippen LogP contribution is 2.17. The summed E-state index contributed by atoms with van der Waals surface area (Å²) in [4.78, 5) is 17.0. The van der Waals surface area contributed by atoms with Crippen molar-refractivity contribution in [3.05, 3.63) is 48.0 Å². The number of nitrogens with zero attached hydrogens (tertiary/aromatic N) is 3. The van der Waals surface area contributed by atoms with Gasteiger partial charge in [-0.1, -0.05) is 30.3 Å². The molecule has 0 N–H and O–H groups in total. The summed E-state index contributed by atoms with van der Waals surface area (Å²) in [5.41, 5.74) is 0.679. The summed E-state index contributed by atoms with van der Waals surface area (Å²) in [6.45, 7) is 5.20. The van der Waals surface area contributed by atoms with Crippen molar-refractivity contribution in [1.29, 1.82) is 5.26 Å². The molecule has 2 aromatic carbocycles. The Morgan fingerprint density at radius 3 is 2.64 bits per heavy atom. The minimum Gasteiger partial charge on any atom is -0.379 e. The zero-order valence-corrected chi connectivity index (χ0v) is 14.4. The second-order valence-electron chi connectivity index (χ2n) is 6.22. The van der Waals surface area contributed by atoms with Crippen LogP contribution in [-0.2, 0) is 4.74 Å². The fraction of sp³-hybridized carbons (Fsp3) is 0.400. The molecule has 25 heavy (non-hydrogen) atoms. The van der Waals surface area contributed by atoms with Crippen LogP contribution in [-0.4, -0.2) is 61.6 Å². The van der Waals surface area contributed by atoms with Gasteiger partial charge >= 0.3 is 0 Å². The third-order valence-electron chi connectivity index (χ3n) is 4.57. The van der Waals surface area contributed by atoms with Gasteiger partial charge in [-0.2, -0.15) is 5.26 Å². The molecular formula is C20H23N3O2. The van der Waals surface area contributed by atoms with E-state index in [2.05, 4.69) is 11.0 Å². The molecule has 5 nitrogen and oxygen atoms in total. The zero-order valence-electron chi connectivity index (χ0n) is 14.4. The van der Waals surface area contributed by atoms with Crippen molar-refractivity contribution in [1.82, 2.24) is 9.80 Å². The number of rotatable bonds is 6. The molecule has 0 unspecified atom stereocenters. The summed E-state index contributed by atoms with van der Waals surface area (Å²) in [6.07, 6.45) is 0.350. The molecule has 0 radical (unpaired) electrons. The number of hydrogen-bond donors (Lipinski definition) is 0. The number of amides is 1. The lowest BCUT2D eigenvalue weighted by atomic mass is 10.1. The Labute approximate surface area is 148 Å². The van der Waals surface area contributed by atoms with Gasteiger partial charge in [0.05, 0.1) is 25.7 Å². The average molecular weight is 337 g/mol. The van der Waals surface area contributed by atoms with E-state index in [1.54, 1.807) is 4.90 Å². The van der Waals surface area contributed by atoms with E-state index < -0.39 is 0 Å². The van der Waals surface area contributed by atoms with E-state index in [-0.39, 0.29) is 5.91 Å². The predicted molar refractivity (Wildman–Crippen MR) is 97.3 cm³/mol. The van der Waals surface area contributed by atoms with Crippen LogP contribution in [0.1, 0.15) is 16.8 Å². The van der Waals surface area contributed by atoms with Gasteiger partial charge in [-0.25, -0.2) is 0 Å². The van der Waals surface area contributed by atoms with Crippen molar-refractivity contribution in [2.75, 3.05) is 45.9 Å². The highest BCUT2D eigenvalue weighted by atomic mass is 16.5. The average Bonchev–Trinajstić information content (AvgIpc) is 2.68. The van der Waals surface area contributed by atoms with E-state index in [0.29, 0.717) is 25.1 Å². The van der Waals surface area contributed by atoms with Crippen molar-refractivity contribution in [2.24, 2.45) is 0 Å². The standard InChI is InChI=1S/C20H23N3O2/c21-8-3-9-23(11-10-22-12-14-25-15-13-22)20(24)19-7-6-17-4-1-2-5-18(17)16-19/h1-2,4-7,16H,3,9-15H2. The lowest BCUT2D eigenvalue weighted by Gasteiger charge is -2.30. The molecular weight excluding hydrogens is 314 g/mol. The van der Waals surface area contributed by atoms with E-state index in [9.17, 15) is 4.79 Å². The third-order valence-corrected chi connectivity index (χ3v) is 4.57. The minimum absolute atomic E-state index is 0.00531. The highest BCUT2D eigenvalue weighted by molar-refractivity contribution is 5.98. The SMILES string of the molecule is N#CCCN(CCN1CCOCC1)C(=O)c1ccc2ccccc2c1. The maximum Gasteiger partial charge on any atom is 0.253 e. The Morgan fingerprint density at radius 2 is 1.88 bits per heavy atom. The van der Waals surface area contributed by atoms with Gasteiger partial charge < -0.3 is 9.64 Å². The van der Waals surface area contributed by atoms with Gasteiger partial charge in [0.2, 0.25) is 0 Å². The molecule has 5 heteroatoms. The van der Waals surface area contributed by atoms with Crippen molar-refractivity contribution in [3.8, 4) is 6.07 Å². The Balaban J connectivity index is 1.71. The molecule has 0 spiro atoms. The first-order valence-corrected chi connectivity index (χ1v) is 8.73. The Kier molecular flexibility index (Phi) is 5.99. The molecule has 0 atom stereocenters. The van der Waals surface area contributed by atoms with Crippen LogP contribution >= 0.6 is 0 Å². The van der Waals surface area contributed by atoms with Gasteiger partial charge in [0.1, 0.15) is 0 Å². The lowest BCUT2D eigenvalue weighted by Crippen LogP contribution is -2.43. The smallest absolute Gasteiger partial charge is 0.253 e. The van der Waals surface area contributed by atoms with Gasteiger partial charge in [0, 0.05) is 38.3 Å². The van der Waals surface area contributed by atoms with E-state index >= 15 is 0 Å². The maximum absolute atomic E-state index is 12.9. The van der Waals surface area contributed by atoms with Crippen molar-refractivity contribution >= 4 is 16.7 Å². The molecule has 0 saturated carbocycles. The number of fused-ring (bicyclic) bond motifs is 1. The first kappa shape index (κ1) is 17.4. The Bertz CT molecular complexity index is 763. The largest absolute Gasteiger partial charge is 0.379 e. The van der Waals surface area contributed by atoms with E-state index in [0.717, 1.165) is 43.6 Å². The summed E-state index contributed by atoms with van der Waals surface area (Å²) in [6, 6.07) is 16.0. The Morgan fingerprint density at radius 1 is 1.12 bits per heavy atom. The third kappa shape index (κ3) is 4.56. The molecule has 1 amide bonds. The second kappa shape index (κ2) is 8.61. The topological polar surface area (TPSA) is 56.6 Å². The summed E-state index contributed by atoms with van der Waals surface area (Å²) < 4.78 is 5.36. The van der Waals surface area contributed by atoms with Crippen LogP contribution in [0, 0.1) is 11.3 Å². The molecule has 2 aromatic rings. The molecule has 3 rings (SSSR count). The molecule has 1 aliphatic rings. The van der Waals surface area contributed by atoms with Crippen LogP contribution in [0.3, 0.4) is 0 Å². The van der Waals surface area contributed by atoms with Gasteiger partial charge in [-0.15, -0.1) is 0 Å². The second-order valence-corrected chi connectivity index (χ2v) is 6.22. The van der Waals surface area contributed by atoms with E-state index in [4.69, 9.17) is 10.00 Å². The number of nitriles is 1. The maximum atomic E-state index is 12.9. The minimum atomic E-state index is -0.00531. The first-order valence-electron chi connectivity index (χ1n) is 8.73. The normalized spacial score (nSPS) is 15.0. The van der Waals surface area contributed by atoms with Crippen LogP contribution in [0.15, 0.2) is 42.5 Å². The summed E-state index contributed by atoms with van der Waals surface area (Å²) in [7, 11) is 0. The van der Waals surface area contributed by atoms with Crippen LogP contribution in [0.25, 0.3) is 10.8 Å². The molecule has 1 heterocycles. The molecule has 0 bridgehead atoms. The summed E-state index contributed by atoms with van der Waals surface area (Å²) >= 11 is 0. The van der Waals surface area contributed by atoms with Crippen molar-refractivity contribution in [2.45, 2.75) is 6.42 Å². The van der Waals surface area contributed by atoms with Gasteiger partial charge in [0.25, 0.3) is 5.91 Å². The van der Waals surface area contributed by atoms with Crippen molar-refractivity contribution in [3.63, 3.8) is 0 Å². The lowest BCUT2D eigenvalue weighted by molar-refractivity contribution is 0.0326. The van der Waals surface area contributed by atoms with Crippen molar-refractivity contribution < 1.29 is 9.53 Å². The van der Waals surface area contributed by atoms with Gasteiger partial charge in [0.15, 0.2) is 0 Å². The fourth-order valence-corrected chi connectivity index (χ4v) is 3.09. The number of morpholine rings is 1. The quantitative estimate of drug-likeness (QED) is 0.813. The number of hydrogen-bond acceptors (Lipinski definition) is 4. The zero-order chi connectivity index (χ0) is 17.5. The van der Waals surface area contributed by atoms with E-state index in [1.807, 2.05) is 42.5 Å². The van der Waals surface area contributed by atoms with Crippen LogP contribution in [0.4, 0.5) is 0 Å². The number of benzene rings is 2. The van der Waals surface area contributed by atoms with Gasteiger partial charge in [-0.3, -0.25) is 9.69 Å². The first-order chi connectivity index (χ1) is 12.3. The molecule has 0 aliphatic carbocycles. The Hall–Kier alpha value is -2.42. The molecule has 1 fully saturated rings. The van der Waals surface area contributed by atoms with E-state index in [1.165, 1.54) is 0 Å². The van der Waals surface area contributed by atoms with Crippen LogP contribution < -0.4 is 0 Å². The number of carbonyl (C=O) groups excluding carboxylic acids is 1. The summed E-state index contributed by atoms with van der Waals surface area (Å²) in [5, 5.41) is 11.1. The van der Waals surface area contributed by atoms with Gasteiger partial charge in [-0.05, 0) is 22.9 Å². The fourth-order valence-electron chi connectivity index (χ4n) is 3.09. The predicted octanol–water partition coefficient (Wildman–Crippen LogP) is 2.53. The summed E-state index contributed by atoms with van der Waals surface area (Å²) in [5.74, 6) is -0.00531. The number of ether oxygens (including phenoxy) is 1. The number of carbonyl (C=O) groups is 1. The molecule has 1 saturated heterocycles. The molecule has 130 valence electrons.